The molecule has 0 spiro atoms. The molecule has 1 amide bonds. The first-order chi connectivity index (χ1) is 9.20. The molecule has 0 radical (unpaired) electrons. The monoisotopic (exact) mass is 271 g/mol. The van der Waals surface area contributed by atoms with Crippen LogP contribution in [0.2, 0.25) is 0 Å². The van der Waals surface area contributed by atoms with Crippen molar-refractivity contribution in [3.05, 3.63) is 46.5 Å². The molecule has 0 fully saturated rings. The minimum absolute atomic E-state index is 0.212. The Labute approximate surface area is 115 Å². The minimum atomic E-state index is -0.212. The number of nitrogens with zero attached hydrogens (tertiary/aromatic N) is 1. The van der Waals surface area contributed by atoms with Gasteiger partial charge in [-0.3, -0.25) is 10.1 Å². The van der Waals surface area contributed by atoms with Crippen LogP contribution in [0.15, 0.2) is 29.8 Å². The van der Waals surface area contributed by atoms with E-state index in [0.717, 1.165) is 5.56 Å². The van der Waals surface area contributed by atoms with Gasteiger partial charge in [-0.15, -0.1) is 11.3 Å². The van der Waals surface area contributed by atoms with Crippen LogP contribution < -0.4 is 11.1 Å². The van der Waals surface area contributed by atoms with E-state index in [1.165, 1.54) is 11.3 Å². The van der Waals surface area contributed by atoms with Crippen LogP contribution in [-0.4, -0.2) is 17.4 Å². The first-order valence-electron chi connectivity index (χ1n) is 5.71. The van der Waals surface area contributed by atoms with Gasteiger partial charge in [0.2, 0.25) is 0 Å². The highest BCUT2D eigenvalue weighted by Gasteiger charge is 2.11. The predicted octanol–water partition coefficient (Wildman–Crippen LogP) is 2.01. The van der Waals surface area contributed by atoms with Crippen molar-refractivity contribution in [1.29, 1.82) is 0 Å². The van der Waals surface area contributed by atoms with Crippen molar-refractivity contribution in [3.8, 4) is 11.8 Å². The third-order valence-corrected chi connectivity index (χ3v) is 3.09. The number of nitrogens with two attached hydrogens (primary N) is 1. The highest BCUT2D eigenvalue weighted by Crippen LogP contribution is 2.15. The van der Waals surface area contributed by atoms with E-state index in [9.17, 15) is 4.79 Å². The molecule has 96 valence electrons. The molecule has 0 bridgehead atoms. The highest BCUT2D eigenvalue weighted by atomic mass is 32.1. The molecule has 0 aliphatic heterocycles. The number of carbonyl (C=O) groups excluding carboxylic acids is 1. The molecule has 2 aromatic rings. The fourth-order valence-corrected chi connectivity index (χ4v) is 2.08. The Morgan fingerprint density at radius 1 is 1.53 bits per heavy atom. The fourth-order valence-electron chi connectivity index (χ4n) is 1.56. The molecule has 0 saturated heterocycles. The summed E-state index contributed by atoms with van der Waals surface area (Å²) in [7, 11) is 0. The van der Waals surface area contributed by atoms with Gasteiger partial charge >= 0.3 is 0 Å². The summed E-state index contributed by atoms with van der Waals surface area (Å²) in [5, 5.41) is 5.12. The second kappa shape index (κ2) is 6.14. The standard InChI is InChI=1S/C14H13N3OS/c1-10-4-5-12(11(9-10)3-2-6-15)13(18)17-14-16-7-8-19-14/h4-5,7-9H,6,15H2,1H3,(H,16,17,18). The lowest BCUT2D eigenvalue weighted by molar-refractivity contribution is 0.102. The Morgan fingerprint density at radius 3 is 3.05 bits per heavy atom. The van der Waals surface area contributed by atoms with E-state index in [4.69, 9.17) is 5.73 Å². The van der Waals surface area contributed by atoms with Crippen LogP contribution in [0.4, 0.5) is 5.13 Å². The van der Waals surface area contributed by atoms with Gasteiger partial charge in [-0.1, -0.05) is 17.9 Å². The summed E-state index contributed by atoms with van der Waals surface area (Å²) in [6, 6.07) is 5.52. The van der Waals surface area contributed by atoms with Crippen molar-refractivity contribution in [1.82, 2.24) is 4.98 Å². The maximum absolute atomic E-state index is 12.2. The van der Waals surface area contributed by atoms with Crippen LogP contribution >= 0.6 is 11.3 Å². The lowest BCUT2D eigenvalue weighted by atomic mass is 10.0. The average Bonchev–Trinajstić information content (AvgIpc) is 2.89. The second-order valence-electron chi connectivity index (χ2n) is 3.85. The molecular weight excluding hydrogens is 258 g/mol. The van der Waals surface area contributed by atoms with Crippen molar-refractivity contribution >= 4 is 22.4 Å². The van der Waals surface area contributed by atoms with Gasteiger partial charge in [0.1, 0.15) is 0 Å². The molecular formula is C14H13N3OS. The Morgan fingerprint density at radius 2 is 2.37 bits per heavy atom. The van der Waals surface area contributed by atoms with Crippen LogP contribution in [0.3, 0.4) is 0 Å². The SMILES string of the molecule is Cc1ccc(C(=O)Nc2nccs2)c(C#CCN)c1. The predicted molar refractivity (Wildman–Crippen MR) is 77.2 cm³/mol. The highest BCUT2D eigenvalue weighted by molar-refractivity contribution is 7.13. The van der Waals surface area contributed by atoms with Gasteiger partial charge in [-0.2, -0.15) is 0 Å². The number of anilines is 1. The van der Waals surface area contributed by atoms with Crippen LogP contribution in [0.5, 0.6) is 0 Å². The minimum Gasteiger partial charge on any atom is -0.320 e. The quantitative estimate of drug-likeness (QED) is 0.821. The van der Waals surface area contributed by atoms with Crippen molar-refractivity contribution in [2.24, 2.45) is 5.73 Å². The zero-order valence-electron chi connectivity index (χ0n) is 10.4. The lowest BCUT2D eigenvalue weighted by Gasteiger charge is -2.05. The molecule has 2 rings (SSSR count). The summed E-state index contributed by atoms with van der Waals surface area (Å²) in [6.45, 7) is 2.22. The number of carbonyl (C=O) groups is 1. The smallest absolute Gasteiger partial charge is 0.258 e. The largest absolute Gasteiger partial charge is 0.320 e. The third-order valence-electron chi connectivity index (χ3n) is 2.40. The Balaban J connectivity index is 2.30. The zero-order valence-corrected chi connectivity index (χ0v) is 11.3. The Bertz CT molecular complexity index is 638. The van der Waals surface area contributed by atoms with Crippen LogP contribution in [-0.2, 0) is 0 Å². The first-order valence-corrected chi connectivity index (χ1v) is 6.59. The van der Waals surface area contributed by atoms with Crippen LogP contribution in [0.1, 0.15) is 21.5 Å². The molecule has 3 N–H and O–H groups in total. The molecule has 0 aliphatic rings. The van der Waals surface area contributed by atoms with Gasteiger partial charge < -0.3 is 5.73 Å². The van der Waals surface area contributed by atoms with Gasteiger partial charge in [0.25, 0.3) is 5.91 Å². The van der Waals surface area contributed by atoms with Crippen molar-refractivity contribution < 1.29 is 4.79 Å². The van der Waals surface area contributed by atoms with Gasteiger partial charge in [-0.05, 0) is 24.6 Å². The van der Waals surface area contributed by atoms with E-state index in [-0.39, 0.29) is 12.5 Å². The summed E-state index contributed by atoms with van der Waals surface area (Å²) in [4.78, 5) is 16.2. The van der Waals surface area contributed by atoms with E-state index in [0.29, 0.717) is 16.3 Å². The Kier molecular flexibility index (Phi) is 4.29. The number of aryl methyl sites for hydroxylation is 1. The molecule has 4 nitrogen and oxygen atoms in total. The lowest BCUT2D eigenvalue weighted by Crippen LogP contribution is -2.13. The maximum Gasteiger partial charge on any atom is 0.258 e. The molecule has 0 unspecified atom stereocenters. The maximum atomic E-state index is 12.2. The molecule has 1 aromatic carbocycles. The average molecular weight is 271 g/mol. The van der Waals surface area contributed by atoms with Crippen LogP contribution in [0.25, 0.3) is 0 Å². The van der Waals surface area contributed by atoms with Crippen molar-refractivity contribution in [2.45, 2.75) is 6.92 Å². The summed E-state index contributed by atoms with van der Waals surface area (Å²) < 4.78 is 0. The van der Waals surface area contributed by atoms with Crippen molar-refractivity contribution in [3.63, 3.8) is 0 Å². The number of amides is 1. The van der Waals surface area contributed by atoms with E-state index < -0.39 is 0 Å². The summed E-state index contributed by atoms with van der Waals surface area (Å²) in [5.41, 5.74) is 7.63. The number of aromatic nitrogens is 1. The molecule has 19 heavy (non-hydrogen) atoms. The number of thiazole rings is 1. The second-order valence-corrected chi connectivity index (χ2v) is 4.74. The first kappa shape index (κ1) is 13.3. The topological polar surface area (TPSA) is 68.0 Å². The molecule has 5 heteroatoms. The zero-order chi connectivity index (χ0) is 13.7. The van der Waals surface area contributed by atoms with E-state index in [1.807, 2.05) is 19.1 Å². The molecule has 1 heterocycles. The number of hydrogen-bond donors (Lipinski definition) is 2. The van der Waals surface area contributed by atoms with Gasteiger partial charge in [0, 0.05) is 17.1 Å². The number of benzene rings is 1. The molecule has 0 atom stereocenters. The number of hydrogen-bond acceptors (Lipinski definition) is 4. The summed E-state index contributed by atoms with van der Waals surface area (Å²) in [6.07, 6.45) is 1.64. The van der Waals surface area contributed by atoms with Gasteiger partial charge in [0.15, 0.2) is 5.13 Å². The summed E-state index contributed by atoms with van der Waals surface area (Å²) >= 11 is 1.37. The normalized spacial score (nSPS) is 9.58. The fraction of sp³-hybridized carbons (Fsp3) is 0.143. The molecule has 0 saturated carbocycles. The Hall–Kier alpha value is -2.16. The van der Waals surface area contributed by atoms with Gasteiger partial charge in [-0.25, -0.2) is 4.98 Å². The van der Waals surface area contributed by atoms with E-state index in [1.54, 1.807) is 17.6 Å². The molecule has 0 aliphatic carbocycles. The molecule has 1 aromatic heterocycles. The number of rotatable bonds is 2. The van der Waals surface area contributed by atoms with E-state index >= 15 is 0 Å². The van der Waals surface area contributed by atoms with E-state index in [2.05, 4.69) is 22.1 Å². The van der Waals surface area contributed by atoms with Gasteiger partial charge in [0.05, 0.1) is 12.1 Å². The van der Waals surface area contributed by atoms with Crippen molar-refractivity contribution in [2.75, 3.05) is 11.9 Å². The summed E-state index contributed by atoms with van der Waals surface area (Å²) in [5.74, 6) is 5.48. The number of nitrogens with one attached hydrogen (secondary N) is 1. The van der Waals surface area contributed by atoms with Crippen LogP contribution in [0, 0.1) is 18.8 Å². The third kappa shape index (κ3) is 3.41.